The van der Waals surface area contributed by atoms with Gasteiger partial charge in [-0.3, -0.25) is 4.68 Å². The largest absolute Gasteiger partial charge is 0.308 e. The minimum absolute atomic E-state index is 0.320. The Bertz CT molecular complexity index is 670. The van der Waals surface area contributed by atoms with Crippen LogP contribution in [0.3, 0.4) is 0 Å². The molecule has 5 heteroatoms. The van der Waals surface area contributed by atoms with E-state index in [1.54, 1.807) is 12.5 Å². The Hall–Kier alpha value is -2.40. The fraction of sp³-hybridized carbons (Fsp3) is 0.294. The maximum absolute atomic E-state index is 4.30. The average Bonchev–Trinajstić information content (AvgIpc) is 3.25. The van der Waals surface area contributed by atoms with Crippen LogP contribution in [0.4, 0.5) is 0 Å². The standard InChI is InChI=1S/C17H21N5/c1-14(15(2)22-10-3-8-20-22)19-12-16-4-6-17(7-5-16)21-11-9-18-13-21/h3-11,13-15,19H,12H2,1-2H3/t14-,15+/m0/s1. The Balaban J connectivity index is 1.57. The van der Waals surface area contributed by atoms with Gasteiger partial charge in [0, 0.05) is 43.1 Å². The lowest BCUT2D eigenvalue weighted by Gasteiger charge is -2.22. The summed E-state index contributed by atoms with van der Waals surface area (Å²) in [6, 6.07) is 11.1. The van der Waals surface area contributed by atoms with Crippen molar-refractivity contribution in [3.05, 3.63) is 67.0 Å². The van der Waals surface area contributed by atoms with E-state index >= 15 is 0 Å². The molecule has 0 aliphatic rings. The molecule has 114 valence electrons. The minimum Gasteiger partial charge on any atom is -0.308 e. The lowest BCUT2D eigenvalue weighted by molar-refractivity contribution is 0.365. The third-order valence-corrected chi connectivity index (χ3v) is 4.03. The molecule has 0 aliphatic carbocycles. The molecule has 0 aliphatic heterocycles. The highest BCUT2D eigenvalue weighted by molar-refractivity contribution is 5.34. The fourth-order valence-electron chi connectivity index (χ4n) is 2.40. The maximum atomic E-state index is 4.30. The van der Waals surface area contributed by atoms with Crippen LogP contribution in [0, 0.1) is 0 Å². The van der Waals surface area contributed by atoms with Gasteiger partial charge >= 0.3 is 0 Å². The van der Waals surface area contributed by atoms with Crippen molar-refractivity contribution in [2.24, 2.45) is 0 Å². The topological polar surface area (TPSA) is 47.7 Å². The third kappa shape index (κ3) is 3.26. The summed E-state index contributed by atoms with van der Waals surface area (Å²) in [7, 11) is 0. The summed E-state index contributed by atoms with van der Waals surface area (Å²) in [4.78, 5) is 4.07. The molecule has 2 aromatic heterocycles. The SMILES string of the molecule is C[C@H](NCc1ccc(-n2ccnc2)cc1)[C@@H](C)n1cccn1. The Kier molecular flexibility index (Phi) is 4.34. The van der Waals surface area contributed by atoms with Gasteiger partial charge in [-0.05, 0) is 37.6 Å². The van der Waals surface area contributed by atoms with Crippen molar-refractivity contribution in [2.75, 3.05) is 0 Å². The second-order valence-corrected chi connectivity index (χ2v) is 5.53. The summed E-state index contributed by atoms with van der Waals surface area (Å²) >= 11 is 0. The number of benzene rings is 1. The second kappa shape index (κ2) is 6.58. The Morgan fingerprint density at radius 2 is 1.91 bits per heavy atom. The minimum atomic E-state index is 0.320. The molecule has 22 heavy (non-hydrogen) atoms. The molecule has 1 aromatic carbocycles. The first kappa shape index (κ1) is 14.5. The molecule has 2 atom stereocenters. The van der Waals surface area contributed by atoms with Gasteiger partial charge < -0.3 is 9.88 Å². The summed E-state index contributed by atoms with van der Waals surface area (Å²) < 4.78 is 3.99. The summed E-state index contributed by atoms with van der Waals surface area (Å²) in [5.41, 5.74) is 2.39. The van der Waals surface area contributed by atoms with Crippen molar-refractivity contribution in [2.45, 2.75) is 32.5 Å². The number of hydrogen-bond donors (Lipinski definition) is 1. The van der Waals surface area contributed by atoms with Crippen LogP contribution in [-0.2, 0) is 6.54 Å². The summed E-state index contributed by atoms with van der Waals surface area (Å²) in [6.07, 6.45) is 9.36. The van der Waals surface area contributed by atoms with E-state index in [9.17, 15) is 0 Å². The van der Waals surface area contributed by atoms with E-state index in [0.717, 1.165) is 12.2 Å². The van der Waals surface area contributed by atoms with Gasteiger partial charge in [0.25, 0.3) is 0 Å². The van der Waals surface area contributed by atoms with Gasteiger partial charge in [0.2, 0.25) is 0 Å². The zero-order valence-corrected chi connectivity index (χ0v) is 12.9. The van der Waals surface area contributed by atoms with Crippen molar-refractivity contribution >= 4 is 0 Å². The van der Waals surface area contributed by atoms with Gasteiger partial charge in [-0.1, -0.05) is 12.1 Å². The first-order chi connectivity index (χ1) is 10.7. The van der Waals surface area contributed by atoms with Crippen LogP contribution in [0.1, 0.15) is 25.5 Å². The summed E-state index contributed by atoms with van der Waals surface area (Å²) in [5, 5.41) is 7.86. The smallest absolute Gasteiger partial charge is 0.0991 e. The van der Waals surface area contributed by atoms with Gasteiger partial charge in [-0.25, -0.2) is 4.98 Å². The van der Waals surface area contributed by atoms with E-state index in [1.807, 2.05) is 33.9 Å². The fourth-order valence-corrected chi connectivity index (χ4v) is 2.40. The second-order valence-electron chi connectivity index (χ2n) is 5.53. The first-order valence-electron chi connectivity index (χ1n) is 7.54. The number of imidazole rings is 1. The molecule has 0 radical (unpaired) electrons. The third-order valence-electron chi connectivity index (χ3n) is 4.03. The highest BCUT2D eigenvalue weighted by atomic mass is 15.3. The predicted octanol–water partition coefficient (Wildman–Crippen LogP) is 2.81. The zero-order chi connectivity index (χ0) is 15.4. The summed E-state index contributed by atoms with van der Waals surface area (Å²) in [5.74, 6) is 0. The molecule has 0 unspecified atom stereocenters. The highest BCUT2D eigenvalue weighted by Gasteiger charge is 2.13. The van der Waals surface area contributed by atoms with Crippen molar-refractivity contribution in [1.82, 2.24) is 24.6 Å². The van der Waals surface area contributed by atoms with Gasteiger partial charge in [0.1, 0.15) is 0 Å². The lowest BCUT2D eigenvalue weighted by Crippen LogP contribution is -2.33. The monoisotopic (exact) mass is 295 g/mol. The number of hydrogen-bond acceptors (Lipinski definition) is 3. The van der Waals surface area contributed by atoms with E-state index in [4.69, 9.17) is 0 Å². The molecule has 1 N–H and O–H groups in total. The number of aromatic nitrogens is 4. The molecule has 0 bridgehead atoms. The number of rotatable bonds is 6. The normalized spacial score (nSPS) is 13.9. The molecule has 3 aromatic rings. The summed E-state index contributed by atoms with van der Waals surface area (Å²) in [6.45, 7) is 5.20. The van der Waals surface area contributed by atoms with Crippen molar-refractivity contribution in [1.29, 1.82) is 0 Å². The molecular weight excluding hydrogens is 274 g/mol. The molecule has 5 nitrogen and oxygen atoms in total. The average molecular weight is 295 g/mol. The highest BCUT2D eigenvalue weighted by Crippen LogP contribution is 2.12. The quantitative estimate of drug-likeness (QED) is 0.760. The van der Waals surface area contributed by atoms with Crippen LogP contribution < -0.4 is 5.32 Å². The lowest BCUT2D eigenvalue weighted by atomic mass is 10.1. The van der Waals surface area contributed by atoms with Crippen LogP contribution >= 0.6 is 0 Å². The molecule has 3 rings (SSSR count). The van der Waals surface area contributed by atoms with Crippen molar-refractivity contribution in [3.8, 4) is 5.69 Å². The molecule has 0 fully saturated rings. The van der Waals surface area contributed by atoms with E-state index in [0.29, 0.717) is 12.1 Å². The maximum Gasteiger partial charge on any atom is 0.0991 e. The van der Waals surface area contributed by atoms with E-state index in [1.165, 1.54) is 5.56 Å². The molecule has 0 saturated heterocycles. The van der Waals surface area contributed by atoms with Gasteiger partial charge in [-0.2, -0.15) is 5.10 Å². The van der Waals surface area contributed by atoms with E-state index in [-0.39, 0.29) is 0 Å². The van der Waals surface area contributed by atoms with Crippen LogP contribution in [0.25, 0.3) is 5.69 Å². The van der Waals surface area contributed by atoms with Crippen molar-refractivity contribution < 1.29 is 0 Å². The number of nitrogens with zero attached hydrogens (tertiary/aromatic N) is 4. The first-order valence-corrected chi connectivity index (χ1v) is 7.54. The van der Waals surface area contributed by atoms with Gasteiger partial charge in [0.05, 0.1) is 12.4 Å². The Morgan fingerprint density at radius 3 is 2.55 bits per heavy atom. The number of nitrogens with one attached hydrogen (secondary N) is 1. The van der Waals surface area contributed by atoms with E-state index < -0.39 is 0 Å². The molecule has 0 amide bonds. The van der Waals surface area contributed by atoms with Gasteiger partial charge in [0.15, 0.2) is 0 Å². The molecular formula is C17H21N5. The predicted molar refractivity (Wildman–Crippen MR) is 86.8 cm³/mol. The molecule has 0 saturated carbocycles. The van der Waals surface area contributed by atoms with Gasteiger partial charge in [-0.15, -0.1) is 0 Å². The van der Waals surface area contributed by atoms with Crippen LogP contribution in [-0.4, -0.2) is 25.4 Å². The zero-order valence-electron chi connectivity index (χ0n) is 12.9. The van der Waals surface area contributed by atoms with Crippen molar-refractivity contribution in [3.63, 3.8) is 0 Å². The molecule has 2 heterocycles. The van der Waals surface area contributed by atoms with E-state index in [2.05, 4.69) is 53.5 Å². The van der Waals surface area contributed by atoms with Crippen LogP contribution in [0.15, 0.2) is 61.4 Å². The van der Waals surface area contributed by atoms with Crippen LogP contribution in [0.2, 0.25) is 0 Å². The Labute approximate surface area is 130 Å². The Morgan fingerprint density at radius 1 is 1.09 bits per heavy atom. The molecule has 0 spiro atoms. The van der Waals surface area contributed by atoms with Crippen LogP contribution in [0.5, 0.6) is 0 Å².